The summed E-state index contributed by atoms with van der Waals surface area (Å²) in [6.07, 6.45) is 1.67. The van der Waals surface area contributed by atoms with Gasteiger partial charge in [-0.05, 0) is 45.0 Å². The van der Waals surface area contributed by atoms with Crippen LogP contribution in [0.2, 0.25) is 0 Å². The van der Waals surface area contributed by atoms with Crippen LogP contribution >= 0.6 is 24.0 Å². The van der Waals surface area contributed by atoms with Crippen LogP contribution in [-0.2, 0) is 4.79 Å². The molecule has 0 N–H and O–H groups in total. The van der Waals surface area contributed by atoms with E-state index in [-0.39, 0.29) is 17.1 Å². The SMILES string of the molecule is CC(C)(C)N1C(=O)/C(=C\c2ccc(-c3ccc([N+](=O)[O-])cc3)o2)SC1=S. The highest BCUT2D eigenvalue weighted by atomic mass is 32.2. The van der Waals surface area contributed by atoms with Gasteiger partial charge >= 0.3 is 0 Å². The highest BCUT2D eigenvalue weighted by molar-refractivity contribution is 8.26. The molecule has 26 heavy (non-hydrogen) atoms. The lowest BCUT2D eigenvalue weighted by Crippen LogP contribution is -2.44. The minimum absolute atomic E-state index is 0.0198. The molecule has 8 heteroatoms. The largest absolute Gasteiger partial charge is 0.457 e. The standard InChI is InChI=1S/C18H16N2O4S2/c1-18(2,3)19-16(21)15(26-17(19)25)10-13-8-9-14(24-13)11-4-6-12(7-5-11)20(22)23/h4-10H,1-3H3/b15-10+. The number of hydrogen-bond donors (Lipinski definition) is 0. The number of thiocarbonyl (C=S) groups is 1. The lowest BCUT2D eigenvalue weighted by Gasteiger charge is -2.30. The average Bonchev–Trinajstić information content (AvgIpc) is 3.12. The van der Waals surface area contributed by atoms with Crippen LogP contribution in [0.1, 0.15) is 26.5 Å². The second kappa shape index (κ2) is 6.69. The van der Waals surface area contributed by atoms with Crippen molar-refractivity contribution in [3.8, 4) is 11.3 Å². The number of thioether (sulfide) groups is 1. The molecule has 1 aliphatic rings. The molecule has 134 valence electrons. The van der Waals surface area contributed by atoms with E-state index in [4.69, 9.17) is 16.6 Å². The van der Waals surface area contributed by atoms with Crippen molar-refractivity contribution in [1.29, 1.82) is 0 Å². The topological polar surface area (TPSA) is 76.6 Å². The smallest absolute Gasteiger partial charge is 0.269 e. The molecule has 0 atom stereocenters. The predicted octanol–water partition coefficient (Wildman–Crippen LogP) is 4.85. The van der Waals surface area contributed by atoms with Crippen molar-refractivity contribution in [3.63, 3.8) is 0 Å². The number of non-ortho nitro benzene ring substituents is 1. The first-order chi connectivity index (χ1) is 12.2. The molecular formula is C18H16N2O4S2. The van der Waals surface area contributed by atoms with E-state index in [1.54, 1.807) is 35.2 Å². The van der Waals surface area contributed by atoms with Gasteiger partial charge < -0.3 is 4.42 Å². The third kappa shape index (κ3) is 3.56. The number of hydrogen-bond acceptors (Lipinski definition) is 6. The van der Waals surface area contributed by atoms with Crippen LogP contribution in [0.3, 0.4) is 0 Å². The molecule has 3 rings (SSSR count). The summed E-state index contributed by atoms with van der Waals surface area (Å²) in [5.41, 5.74) is 0.355. The molecule has 0 radical (unpaired) electrons. The van der Waals surface area contributed by atoms with Gasteiger partial charge in [-0.15, -0.1) is 0 Å². The predicted molar refractivity (Wildman–Crippen MR) is 106 cm³/mol. The van der Waals surface area contributed by atoms with E-state index in [1.165, 1.54) is 23.9 Å². The second-order valence-electron chi connectivity index (χ2n) is 6.69. The van der Waals surface area contributed by atoms with Crippen LogP contribution in [0.15, 0.2) is 45.7 Å². The van der Waals surface area contributed by atoms with Crippen LogP contribution in [0.25, 0.3) is 17.4 Å². The van der Waals surface area contributed by atoms with Crippen molar-refractivity contribution in [1.82, 2.24) is 4.90 Å². The van der Waals surface area contributed by atoms with Gasteiger partial charge in [0, 0.05) is 29.3 Å². The maximum Gasteiger partial charge on any atom is 0.269 e. The van der Waals surface area contributed by atoms with Crippen molar-refractivity contribution >= 4 is 46.0 Å². The molecule has 0 bridgehead atoms. The molecule has 0 aliphatic carbocycles. The molecule has 1 amide bonds. The monoisotopic (exact) mass is 388 g/mol. The first kappa shape index (κ1) is 18.3. The summed E-state index contributed by atoms with van der Waals surface area (Å²) in [4.78, 5) is 25.0. The summed E-state index contributed by atoms with van der Waals surface area (Å²) in [6.45, 7) is 5.79. The zero-order valence-corrected chi connectivity index (χ0v) is 16.0. The van der Waals surface area contributed by atoms with Crippen LogP contribution in [0, 0.1) is 10.1 Å². The fraction of sp³-hybridized carbons (Fsp3) is 0.222. The quantitative estimate of drug-likeness (QED) is 0.324. The Labute approximate surface area is 160 Å². The Kier molecular flexibility index (Phi) is 4.72. The zero-order valence-electron chi connectivity index (χ0n) is 14.4. The summed E-state index contributed by atoms with van der Waals surface area (Å²) in [5, 5.41) is 10.7. The molecular weight excluding hydrogens is 372 g/mol. The molecule has 1 aliphatic heterocycles. The average molecular weight is 388 g/mol. The number of carbonyl (C=O) groups is 1. The van der Waals surface area contributed by atoms with Crippen LogP contribution in [0.4, 0.5) is 5.69 Å². The Morgan fingerprint density at radius 2 is 1.85 bits per heavy atom. The Morgan fingerprint density at radius 3 is 2.38 bits per heavy atom. The van der Waals surface area contributed by atoms with E-state index < -0.39 is 4.92 Å². The van der Waals surface area contributed by atoms with Gasteiger partial charge in [-0.3, -0.25) is 19.8 Å². The molecule has 0 spiro atoms. The first-order valence-electron chi connectivity index (χ1n) is 7.79. The third-order valence-electron chi connectivity index (χ3n) is 3.73. The summed E-state index contributed by atoms with van der Waals surface area (Å²) in [7, 11) is 0. The summed E-state index contributed by atoms with van der Waals surface area (Å²) in [6, 6.07) is 9.61. The second-order valence-corrected chi connectivity index (χ2v) is 8.37. The number of carbonyl (C=O) groups excluding carboxylic acids is 1. The maximum absolute atomic E-state index is 12.6. The van der Waals surface area contributed by atoms with Gasteiger partial charge in [0.25, 0.3) is 11.6 Å². The summed E-state index contributed by atoms with van der Waals surface area (Å²) >= 11 is 6.56. The molecule has 2 aromatic rings. The lowest BCUT2D eigenvalue weighted by atomic mass is 10.1. The zero-order chi connectivity index (χ0) is 19.1. The minimum Gasteiger partial charge on any atom is -0.457 e. The van der Waals surface area contributed by atoms with E-state index in [9.17, 15) is 14.9 Å². The van der Waals surface area contributed by atoms with Gasteiger partial charge in [0.2, 0.25) is 0 Å². The number of benzene rings is 1. The van der Waals surface area contributed by atoms with Crippen LogP contribution in [0.5, 0.6) is 0 Å². The van der Waals surface area contributed by atoms with E-state index in [0.29, 0.717) is 20.7 Å². The number of nitrogens with zero attached hydrogens (tertiary/aromatic N) is 2. The maximum atomic E-state index is 12.6. The first-order valence-corrected chi connectivity index (χ1v) is 9.02. The fourth-order valence-electron chi connectivity index (χ4n) is 2.51. The van der Waals surface area contributed by atoms with Gasteiger partial charge in [0.05, 0.1) is 9.83 Å². The van der Waals surface area contributed by atoms with E-state index in [1.807, 2.05) is 20.8 Å². The Balaban J connectivity index is 1.84. The molecule has 2 heterocycles. The fourth-order valence-corrected chi connectivity index (χ4v) is 4.12. The third-order valence-corrected chi connectivity index (χ3v) is 5.03. The van der Waals surface area contributed by atoms with Gasteiger partial charge in [0.15, 0.2) is 0 Å². The number of nitro groups is 1. The van der Waals surface area contributed by atoms with Crippen molar-refractivity contribution in [2.45, 2.75) is 26.3 Å². The van der Waals surface area contributed by atoms with Gasteiger partial charge in [0.1, 0.15) is 15.8 Å². The molecule has 1 saturated heterocycles. The van der Waals surface area contributed by atoms with Crippen molar-refractivity contribution in [2.75, 3.05) is 0 Å². The summed E-state index contributed by atoms with van der Waals surface area (Å²) < 4.78 is 6.29. The highest BCUT2D eigenvalue weighted by Gasteiger charge is 2.39. The normalized spacial score (nSPS) is 16.6. The Morgan fingerprint density at radius 1 is 1.19 bits per heavy atom. The van der Waals surface area contributed by atoms with E-state index in [0.717, 1.165) is 5.56 Å². The lowest BCUT2D eigenvalue weighted by molar-refractivity contribution is -0.384. The van der Waals surface area contributed by atoms with Gasteiger partial charge in [-0.2, -0.15) is 0 Å². The number of amides is 1. The van der Waals surface area contributed by atoms with Crippen molar-refractivity contribution in [2.24, 2.45) is 0 Å². The van der Waals surface area contributed by atoms with Crippen LogP contribution < -0.4 is 0 Å². The highest BCUT2D eigenvalue weighted by Crippen LogP contribution is 2.37. The van der Waals surface area contributed by atoms with Gasteiger partial charge in [-0.1, -0.05) is 24.0 Å². The molecule has 1 aromatic heterocycles. The minimum atomic E-state index is -0.450. The van der Waals surface area contributed by atoms with Gasteiger partial charge in [-0.25, -0.2) is 0 Å². The van der Waals surface area contributed by atoms with E-state index >= 15 is 0 Å². The summed E-state index contributed by atoms with van der Waals surface area (Å²) in [5.74, 6) is 0.950. The molecule has 1 fully saturated rings. The number of nitro benzene ring substituents is 1. The molecule has 0 saturated carbocycles. The Hall–Kier alpha value is -2.45. The molecule has 6 nitrogen and oxygen atoms in total. The Bertz CT molecular complexity index is 923. The number of rotatable bonds is 3. The van der Waals surface area contributed by atoms with Crippen molar-refractivity contribution < 1.29 is 14.1 Å². The molecule has 1 aromatic carbocycles. The molecule has 0 unspecified atom stereocenters. The van der Waals surface area contributed by atoms with Crippen molar-refractivity contribution in [3.05, 3.63) is 57.2 Å². The van der Waals surface area contributed by atoms with Crippen LogP contribution in [-0.4, -0.2) is 25.6 Å². The number of furan rings is 1. The van der Waals surface area contributed by atoms with E-state index in [2.05, 4.69) is 0 Å².